The van der Waals surface area contributed by atoms with Gasteiger partial charge >= 0.3 is 6.18 Å². The third-order valence-corrected chi connectivity index (χ3v) is 4.81. The molecule has 1 heterocycles. The van der Waals surface area contributed by atoms with Crippen LogP contribution in [0.3, 0.4) is 0 Å². The Kier molecular flexibility index (Phi) is 5.90. The zero-order chi connectivity index (χ0) is 23.6. The van der Waals surface area contributed by atoms with Crippen LogP contribution in [0.4, 0.5) is 24.8 Å². The molecular formula is C24H14ClF3N4O. The summed E-state index contributed by atoms with van der Waals surface area (Å²) in [5.41, 5.74) is 6.12. The number of nitrogens with zero attached hydrogens (tertiary/aromatic N) is 2. The number of amides is 1. The van der Waals surface area contributed by atoms with Crippen LogP contribution in [0.5, 0.6) is 0 Å². The lowest BCUT2D eigenvalue weighted by molar-refractivity contribution is -0.137. The number of nitrogen functional groups attached to an aromatic ring is 1. The van der Waals surface area contributed by atoms with Gasteiger partial charge in [0, 0.05) is 22.9 Å². The summed E-state index contributed by atoms with van der Waals surface area (Å²) in [5.74, 6) is 5.31. The number of hydrogen-bond acceptors (Lipinski definition) is 4. The summed E-state index contributed by atoms with van der Waals surface area (Å²) in [6.45, 7) is 0. The van der Waals surface area contributed by atoms with E-state index in [0.29, 0.717) is 22.2 Å². The molecule has 0 aliphatic heterocycles. The first-order chi connectivity index (χ1) is 15.7. The van der Waals surface area contributed by atoms with Crippen LogP contribution >= 0.6 is 11.6 Å². The number of alkyl halides is 3. The third-order valence-electron chi connectivity index (χ3n) is 4.62. The van der Waals surface area contributed by atoms with E-state index in [-0.39, 0.29) is 16.8 Å². The van der Waals surface area contributed by atoms with Gasteiger partial charge in [-0.3, -0.25) is 4.79 Å². The minimum Gasteiger partial charge on any atom is -0.368 e. The Morgan fingerprint density at radius 1 is 0.970 bits per heavy atom. The molecule has 0 fully saturated rings. The minimum atomic E-state index is -4.50. The monoisotopic (exact) mass is 466 g/mol. The van der Waals surface area contributed by atoms with Gasteiger partial charge in [-0.1, -0.05) is 41.8 Å². The Bertz CT molecular complexity index is 1420. The van der Waals surface area contributed by atoms with Gasteiger partial charge in [-0.25, -0.2) is 9.97 Å². The molecule has 0 unspecified atom stereocenters. The predicted molar refractivity (Wildman–Crippen MR) is 121 cm³/mol. The van der Waals surface area contributed by atoms with Crippen molar-refractivity contribution in [3.05, 3.63) is 94.3 Å². The second-order valence-electron chi connectivity index (χ2n) is 6.96. The highest BCUT2D eigenvalue weighted by Crippen LogP contribution is 2.31. The quantitative estimate of drug-likeness (QED) is 0.300. The van der Waals surface area contributed by atoms with Crippen LogP contribution in [-0.2, 0) is 6.18 Å². The number of fused-ring (bicyclic) bond motifs is 1. The first-order valence-corrected chi connectivity index (χ1v) is 9.90. The summed E-state index contributed by atoms with van der Waals surface area (Å²) in [4.78, 5) is 20.6. The molecule has 1 amide bonds. The van der Waals surface area contributed by atoms with E-state index in [1.54, 1.807) is 36.4 Å². The molecule has 4 rings (SSSR count). The number of benzene rings is 3. The van der Waals surface area contributed by atoms with Crippen molar-refractivity contribution >= 4 is 39.9 Å². The van der Waals surface area contributed by atoms with E-state index in [0.717, 1.165) is 17.5 Å². The van der Waals surface area contributed by atoms with E-state index in [1.807, 2.05) is 0 Å². The molecule has 0 aliphatic rings. The number of halogens is 4. The van der Waals surface area contributed by atoms with Crippen LogP contribution in [0.1, 0.15) is 27.2 Å². The van der Waals surface area contributed by atoms with E-state index in [1.165, 1.54) is 18.2 Å². The number of aromatic nitrogens is 2. The Morgan fingerprint density at radius 2 is 1.76 bits per heavy atom. The number of carbonyl (C=O) groups excluding carboxylic acids is 1. The van der Waals surface area contributed by atoms with Crippen LogP contribution in [0, 0.1) is 11.8 Å². The Balaban J connectivity index is 1.61. The van der Waals surface area contributed by atoms with Gasteiger partial charge in [0.15, 0.2) is 0 Å². The van der Waals surface area contributed by atoms with Crippen molar-refractivity contribution in [1.82, 2.24) is 9.97 Å². The van der Waals surface area contributed by atoms with Crippen molar-refractivity contribution in [2.75, 3.05) is 11.1 Å². The number of nitrogens with one attached hydrogen (secondary N) is 1. The Labute approximate surface area is 191 Å². The molecule has 0 atom stereocenters. The summed E-state index contributed by atoms with van der Waals surface area (Å²) in [6.07, 6.45) is -4.50. The number of carbonyl (C=O) groups is 1. The highest BCUT2D eigenvalue weighted by atomic mass is 35.5. The van der Waals surface area contributed by atoms with Crippen LogP contribution in [0.15, 0.2) is 66.7 Å². The van der Waals surface area contributed by atoms with E-state index >= 15 is 0 Å². The highest BCUT2D eigenvalue weighted by molar-refractivity contribution is 6.29. The molecule has 9 heteroatoms. The molecule has 0 saturated heterocycles. The molecule has 164 valence electrons. The maximum atomic E-state index is 12.9. The molecular weight excluding hydrogens is 453 g/mol. The average molecular weight is 467 g/mol. The largest absolute Gasteiger partial charge is 0.416 e. The number of hydrogen-bond donors (Lipinski definition) is 2. The molecule has 4 aromatic rings. The molecule has 0 spiro atoms. The number of nitrogens with two attached hydrogens (primary N) is 1. The minimum absolute atomic E-state index is 0.0155. The van der Waals surface area contributed by atoms with Gasteiger partial charge in [0.1, 0.15) is 10.8 Å². The Morgan fingerprint density at radius 3 is 2.52 bits per heavy atom. The number of anilines is 2. The maximum absolute atomic E-state index is 12.9. The first-order valence-electron chi connectivity index (χ1n) is 9.52. The topological polar surface area (TPSA) is 80.9 Å². The van der Waals surface area contributed by atoms with Gasteiger partial charge in [-0.2, -0.15) is 13.2 Å². The van der Waals surface area contributed by atoms with Crippen LogP contribution in [-0.4, -0.2) is 15.9 Å². The van der Waals surface area contributed by atoms with Gasteiger partial charge in [0.05, 0.1) is 5.56 Å². The lowest BCUT2D eigenvalue weighted by Gasteiger charge is -2.11. The van der Waals surface area contributed by atoms with E-state index in [2.05, 4.69) is 27.1 Å². The summed E-state index contributed by atoms with van der Waals surface area (Å²) < 4.78 is 38.8. The zero-order valence-corrected chi connectivity index (χ0v) is 17.5. The van der Waals surface area contributed by atoms with E-state index < -0.39 is 17.6 Å². The summed E-state index contributed by atoms with van der Waals surface area (Å²) in [6, 6.07) is 16.3. The standard InChI is InChI=1S/C24H14ClF3N4O/c25-21-13-18(31-23(29)32-21)9-7-14-8-10-19-15(11-14)3-1-6-20(19)22(33)30-17-5-2-4-16(12-17)24(26,27)28/h1-6,8,10-13H,(H,30,33)(H2,29,31,32). The Hall–Kier alpha value is -4.09. The lowest BCUT2D eigenvalue weighted by Crippen LogP contribution is -2.13. The van der Waals surface area contributed by atoms with Crippen LogP contribution in [0.2, 0.25) is 5.15 Å². The van der Waals surface area contributed by atoms with Crippen molar-refractivity contribution in [1.29, 1.82) is 0 Å². The summed E-state index contributed by atoms with van der Waals surface area (Å²) in [7, 11) is 0. The van der Waals surface area contributed by atoms with E-state index in [9.17, 15) is 18.0 Å². The fourth-order valence-electron chi connectivity index (χ4n) is 3.17. The van der Waals surface area contributed by atoms with Gasteiger partial charge in [0.25, 0.3) is 5.91 Å². The molecule has 3 aromatic carbocycles. The maximum Gasteiger partial charge on any atom is 0.416 e. The molecule has 0 aliphatic carbocycles. The van der Waals surface area contributed by atoms with Crippen molar-refractivity contribution in [3.8, 4) is 11.8 Å². The molecule has 1 aromatic heterocycles. The van der Waals surface area contributed by atoms with Crippen molar-refractivity contribution in [2.45, 2.75) is 6.18 Å². The second-order valence-corrected chi connectivity index (χ2v) is 7.35. The zero-order valence-electron chi connectivity index (χ0n) is 16.7. The molecule has 0 bridgehead atoms. The SMILES string of the molecule is Nc1nc(Cl)cc(C#Cc2ccc3c(C(=O)Nc4cccc(C(F)(F)F)c4)cccc3c2)n1. The molecule has 5 nitrogen and oxygen atoms in total. The smallest absolute Gasteiger partial charge is 0.368 e. The predicted octanol–water partition coefficient (Wildman–Crippen LogP) is 5.54. The lowest BCUT2D eigenvalue weighted by atomic mass is 10.0. The fourth-order valence-corrected chi connectivity index (χ4v) is 3.36. The second kappa shape index (κ2) is 8.81. The third kappa shape index (κ3) is 5.22. The highest BCUT2D eigenvalue weighted by Gasteiger charge is 2.30. The fraction of sp³-hybridized carbons (Fsp3) is 0.0417. The van der Waals surface area contributed by atoms with Crippen molar-refractivity contribution in [2.24, 2.45) is 0 Å². The van der Waals surface area contributed by atoms with Crippen LogP contribution in [0.25, 0.3) is 10.8 Å². The normalized spacial score (nSPS) is 11.0. The molecule has 0 radical (unpaired) electrons. The summed E-state index contributed by atoms with van der Waals surface area (Å²) >= 11 is 5.85. The molecule has 33 heavy (non-hydrogen) atoms. The van der Waals surface area contributed by atoms with Gasteiger partial charge in [0.2, 0.25) is 5.95 Å². The van der Waals surface area contributed by atoms with Gasteiger partial charge in [-0.05, 0) is 53.1 Å². The first kappa shape index (κ1) is 22.1. The van der Waals surface area contributed by atoms with Crippen molar-refractivity contribution < 1.29 is 18.0 Å². The van der Waals surface area contributed by atoms with Gasteiger partial charge in [-0.15, -0.1) is 0 Å². The number of rotatable bonds is 2. The molecule has 3 N–H and O–H groups in total. The van der Waals surface area contributed by atoms with Gasteiger partial charge < -0.3 is 11.1 Å². The van der Waals surface area contributed by atoms with Crippen molar-refractivity contribution in [3.63, 3.8) is 0 Å². The van der Waals surface area contributed by atoms with Crippen LogP contribution < -0.4 is 11.1 Å². The average Bonchev–Trinajstić information content (AvgIpc) is 2.76. The summed E-state index contributed by atoms with van der Waals surface area (Å²) in [5, 5.41) is 4.07. The molecule has 0 saturated carbocycles. The van der Waals surface area contributed by atoms with E-state index in [4.69, 9.17) is 17.3 Å².